The van der Waals surface area contributed by atoms with Crippen molar-refractivity contribution < 1.29 is 17.4 Å². The summed E-state index contributed by atoms with van der Waals surface area (Å²) in [6.07, 6.45) is 1.18. The lowest BCUT2D eigenvalue weighted by atomic mass is 9.96. The molecule has 1 atom stereocenters. The molecule has 0 saturated carbocycles. The van der Waals surface area contributed by atoms with E-state index in [2.05, 4.69) is 0 Å². The Kier molecular flexibility index (Phi) is 5.49. The lowest BCUT2D eigenvalue weighted by Gasteiger charge is -2.13. The zero-order valence-corrected chi connectivity index (χ0v) is 15.3. The molecule has 0 aliphatic heterocycles. The largest absolute Gasteiger partial charge is 0.303 e. The van der Waals surface area contributed by atoms with Crippen molar-refractivity contribution in [3.63, 3.8) is 0 Å². The third-order valence-electron chi connectivity index (χ3n) is 4.30. The van der Waals surface area contributed by atoms with Crippen LogP contribution in [0.4, 0.5) is 0 Å². The molecule has 0 aliphatic carbocycles. The summed E-state index contributed by atoms with van der Waals surface area (Å²) in [4.78, 5) is 11.6. The maximum absolute atomic E-state index is 12.3. The van der Waals surface area contributed by atoms with Crippen molar-refractivity contribution in [3.8, 4) is 0 Å². The molecular weight excluding hydrogens is 348 g/mol. The molecule has 26 heavy (non-hydrogen) atoms. The SMILES string of the molecule is Cc1ccc(S(=O)(=O)OCC(C=O)Cc2cccc3ccccc23)cc1. The standard InChI is InChI=1S/C21H20O4S/c1-16-9-11-20(12-10-16)26(23,24)25-15-17(14-22)13-19-7-4-6-18-5-2-3-8-21(18)19/h2-12,14,17H,13,15H2,1H3. The molecule has 0 radical (unpaired) electrons. The molecule has 1 unspecified atom stereocenters. The molecule has 134 valence electrons. The van der Waals surface area contributed by atoms with Gasteiger partial charge in [0, 0.05) is 5.92 Å². The highest BCUT2D eigenvalue weighted by atomic mass is 32.2. The van der Waals surface area contributed by atoms with Gasteiger partial charge in [0.25, 0.3) is 10.1 Å². The van der Waals surface area contributed by atoms with Crippen molar-refractivity contribution in [2.24, 2.45) is 5.92 Å². The number of hydrogen-bond acceptors (Lipinski definition) is 4. The average molecular weight is 368 g/mol. The fraction of sp³-hybridized carbons (Fsp3) is 0.190. The number of carbonyl (C=O) groups excluding carboxylic acids is 1. The summed E-state index contributed by atoms with van der Waals surface area (Å²) in [5.41, 5.74) is 1.96. The highest BCUT2D eigenvalue weighted by Gasteiger charge is 2.19. The summed E-state index contributed by atoms with van der Waals surface area (Å²) in [6, 6.07) is 20.2. The van der Waals surface area contributed by atoms with Gasteiger partial charge in [-0.3, -0.25) is 4.18 Å². The van der Waals surface area contributed by atoms with Crippen LogP contribution in [0.5, 0.6) is 0 Å². The van der Waals surface area contributed by atoms with Crippen molar-refractivity contribution in [1.82, 2.24) is 0 Å². The van der Waals surface area contributed by atoms with Gasteiger partial charge in [0.05, 0.1) is 11.5 Å². The Bertz CT molecular complexity index is 1000. The van der Waals surface area contributed by atoms with E-state index in [1.807, 2.05) is 49.4 Å². The molecule has 0 fully saturated rings. The molecular formula is C21H20O4S. The first kappa shape index (κ1) is 18.3. The molecule has 0 bridgehead atoms. The number of benzene rings is 3. The van der Waals surface area contributed by atoms with E-state index in [4.69, 9.17) is 4.18 Å². The first-order chi connectivity index (χ1) is 12.5. The van der Waals surface area contributed by atoms with E-state index < -0.39 is 16.0 Å². The van der Waals surface area contributed by atoms with E-state index in [1.54, 1.807) is 12.1 Å². The van der Waals surface area contributed by atoms with Crippen molar-refractivity contribution in [2.75, 3.05) is 6.61 Å². The van der Waals surface area contributed by atoms with Crippen molar-refractivity contribution in [3.05, 3.63) is 77.9 Å². The van der Waals surface area contributed by atoms with Crippen LogP contribution in [-0.2, 0) is 25.5 Å². The smallest absolute Gasteiger partial charge is 0.296 e. The van der Waals surface area contributed by atoms with E-state index in [1.165, 1.54) is 12.1 Å². The minimum atomic E-state index is -3.88. The fourth-order valence-electron chi connectivity index (χ4n) is 2.85. The van der Waals surface area contributed by atoms with Crippen LogP contribution >= 0.6 is 0 Å². The number of aryl methyl sites for hydroxylation is 1. The van der Waals surface area contributed by atoms with Crippen LogP contribution in [0.3, 0.4) is 0 Å². The number of rotatable bonds is 7. The van der Waals surface area contributed by atoms with E-state index in [9.17, 15) is 13.2 Å². The Labute approximate surface area is 153 Å². The fourth-order valence-corrected chi connectivity index (χ4v) is 3.81. The van der Waals surface area contributed by atoms with Crippen LogP contribution < -0.4 is 0 Å². The molecule has 0 amide bonds. The first-order valence-corrected chi connectivity index (χ1v) is 9.78. The second-order valence-electron chi connectivity index (χ2n) is 6.29. The molecule has 0 heterocycles. The first-order valence-electron chi connectivity index (χ1n) is 8.37. The highest BCUT2D eigenvalue weighted by Crippen LogP contribution is 2.22. The molecule has 4 nitrogen and oxygen atoms in total. The summed E-state index contributed by atoms with van der Waals surface area (Å²) in [5, 5.41) is 2.14. The van der Waals surface area contributed by atoms with Gasteiger partial charge in [-0.15, -0.1) is 0 Å². The zero-order valence-electron chi connectivity index (χ0n) is 14.5. The molecule has 0 N–H and O–H groups in total. The predicted molar refractivity (Wildman–Crippen MR) is 102 cm³/mol. The van der Waals surface area contributed by atoms with Crippen LogP contribution in [0.25, 0.3) is 10.8 Å². The van der Waals surface area contributed by atoms with Crippen molar-refractivity contribution >= 4 is 27.2 Å². The van der Waals surface area contributed by atoms with Gasteiger partial charge in [-0.05, 0) is 41.8 Å². The lowest BCUT2D eigenvalue weighted by molar-refractivity contribution is -0.111. The predicted octanol–water partition coefficient (Wildman–Crippen LogP) is 3.91. The van der Waals surface area contributed by atoms with Crippen LogP contribution in [0.15, 0.2) is 71.6 Å². The van der Waals surface area contributed by atoms with E-state index in [0.29, 0.717) is 6.42 Å². The van der Waals surface area contributed by atoms with Crippen LogP contribution in [0.2, 0.25) is 0 Å². The van der Waals surface area contributed by atoms with Crippen LogP contribution in [0.1, 0.15) is 11.1 Å². The van der Waals surface area contributed by atoms with Gasteiger partial charge in [0.2, 0.25) is 0 Å². The monoisotopic (exact) mass is 368 g/mol. The Balaban J connectivity index is 1.73. The second-order valence-corrected chi connectivity index (χ2v) is 7.91. The van der Waals surface area contributed by atoms with Crippen molar-refractivity contribution in [2.45, 2.75) is 18.2 Å². The van der Waals surface area contributed by atoms with E-state index in [-0.39, 0.29) is 11.5 Å². The maximum atomic E-state index is 12.3. The van der Waals surface area contributed by atoms with Crippen LogP contribution in [-0.4, -0.2) is 21.3 Å². The van der Waals surface area contributed by atoms with Crippen molar-refractivity contribution in [1.29, 1.82) is 0 Å². The summed E-state index contributed by atoms with van der Waals surface area (Å²) in [6.45, 7) is 1.70. The third kappa shape index (κ3) is 4.18. The Hall–Kier alpha value is -2.50. The summed E-state index contributed by atoms with van der Waals surface area (Å²) in [5.74, 6) is -0.541. The number of fused-ring (bicyclic) bond motifs is 1. The van der Waals surface area contributed by atoms with Gasteiger partial charge in [-0.2, -0.15) is 8.42 Å². The van der Waals surface area contributed by atoms with Gasteiger partial charge >= 0.3 is 0 Å². The average Bonchev–Trinajstić information content (AvgIpc) is 2.65. The Morgan fingerprint density at radius 3 is 2.38 bits per heavy atom. The van der Waals surface area contributed by atoms with E-state index in [0.717, 1.165) is 28.2 Å². The summed E-state index contributed by atoms with van der Waals surface area (Å²) in [7, 11) is -3.88. The van der Waals surface area contributed by atoms with Gasteiger partial charge in [-0.1, -0.05) is 60.2 Å². The summed E-state index contributed by atoms with van der Waals surface area (Å²) < 4.78 is 29.7. The molecule has 5 heteroatoms. The van der Waals surface area contributed by atoms with E-state index >= 15 is 0 Å². The third-order valence-corrected chi connectivity index (χ3v) is 5.60. The quantitative estimate of drug-likeness (QED) is 0.469. The van der Waals surface area contributed by atoms with Gasteiger partial charge < -0.3 is 4.79 Å². The summed E-state index contributed by atoms with van der Waals surface area (Å²) >= 11 is 0. The topological polar surface area (TPSA) is 60.4 Å². The zero-order chi connectivity index (χ0) is 18.6. The molecule has 3 rings (SSSR count). The minimum Gasteiger partial charge on any atom is -0.303 e. The molecule has 0 saturated heterocycles. The molecule has 0 spiro atoms. The highest BCUT2D eigenvalue weighted by molar-refractivity contribution is 7.86. The maximum Gasteiger partial charge on any atom is 0.296 e. The van der Waals surface area contributed by atoms with Gasteiger partial charge in [-0.25, -0.2) is 0 Å². The minimum absolute atomic E-state index is 0.0953. The number of hydrogen-bond donors (Lipinski definition) is 0. The van der Waals surface area contributed by atoms with Crippen LogP contribution in [0, 0.1) is 12.8 Å². The molecule has 0 aromatic heterocycles. The Morgan fingerprint density at radius 2 is 1.65 bits per heavy atom. The lowest BCUT2D eigenvalue weighted by Crippen LogP contribution is -2.18. The normalized spacial score (nSPS) is 12.8. The number of carbonyl (C=O) groups is 1. The molecule has 3 aromatic rings. The van der Waals surface area contributed by atoms with Gasteiger partial charge in [0.15, 0.2) is 0 Å². The Morgan fingerprint density at radius 1 is 0.962 bits per heavy atom. The molecule has 3 aromatic carbocycles. The number of aldehydes is 1. The second kappa shape index (κ2) is 7.81. The molecule has 0 aliphatic rings. The van der Waals surface area contributed by atoms with Gasteiger partial charge in [0.1, 0.15) is 6.29 Å².